The average molecular weight is 282 g/mol. The Balaban J connectivity index is 2.63. The zero-order chi connectivity index (χ0) is 14.0. The van der Waals surface area contributed by atoms with Crippen LogP contribution in [0, 0.1) is 0 Å². The Kier molecular flexibility index (Phi) is 5.10. The van der Waals surface area contributed by atoms with E-state index in [2.05, 4.69) is 4.72 Å². The second-order valence-electron chi connectivity index (χ2n) is 5.06. The van der Waals surface area contributed by atoms with Crippen LogP contribution in [0.1, 0.15) is 20.8 Å². The van der Waals surface area contributed by atoms with Crippen molar-refractivity contribution in [3.63, 3.8) is 0 Å². The summed E-state index contributed by atoms with van der Waals surface area (Å²) in [6.07, 6.45) is -0.327. The number of nitrogens with zero attached hydrogens (tertiary/aromatic N) is 1. The minimum Gasteiger partial charge on any atom is -0.393 e. The molecule has 0 aromatic rings. The summed E-state index contributed by atoms with van der Waals surface area (Å²) in [7, 11) is -3.66. The number of hydrogen-bond donors (Lipinski definition) is 3. The fraction of sp³-hybridized carbons (Fsp3) is 1.00. The van der Waals surface area contributed by atoms with Crippen LogP contribution >= 0.6 is 0 Å². The van der Waals surface area contributed by atoms with Crippen molar-refractivity contribution in [2.45, 2.75) is 38.6 Å². The van der Waals surface area contributed by atoms with E-state index in [9.17, 15) is 13.5 Å². The van der Waals surface area contributed by atoms with E-state index in [1.807, 2.05) is 13.8 Å². The topological polar surface area (TPSA) is 99.1 Å². The smallest absolute Gasteiger partial charge is 0.279 e. The Bertz CT molecular complexity index is 360. The lowest BCUT2D eigenvalue weighted by atomic mass is 10.1. The van der Waals surface area contributed by atoms with Crippen LogP contribution in [0.2, 0.25) is 0 Å². The second-order valence-corrected chi connectivity index (χ2v) is 6.81. The molecule has 108 valence electrons. The van der Waals surface area contributed by atoms with Crippen LogP contribution in [-0.4, -0.2) is 67.0 Å². The zero-order valence-corrected chi connectivity index (χ0v) is 11.8. The third-order valence-corrected chi connectivity index (χ3v) is 4.19. The van der Waals surface area contributed by atoms with Gasteiger partial charge >= 0.3 is 0 Å². The second kappa shape index (κ2) is 5.81. The van der Waals surface area contributed by atoms with Gasteiger partial charge in [0.05, 0.1) is 24.4 Å². The third-order valence-electron chi connectivity index (χ3n) is 2.70. The predicted molar refractivity (Wildman–Crippen MR) is 66.2 cm³/mol. The molecule has 7 nitrogen and oxygen atoms in total. The first kappa shape index (κ1) is 15.8. The molecule has 0 spiro atoms. The first-order chi connectivity index (χ1) is 8.16. The van der Waals surface area contributed by atoms with Crippen LogP contribution in [0.15, 0.2) is 0 Å². The Morgan fingerprint density at radius 3 is 2.33 bits per heavy atom. The van der Waals surface area contributed by atoms with Gasteiger partial charge in [0.1, 0.15) is 0 Å². The van der Waals surface area contributed by atoms with Crippen molar-refractivity contribution in [3.05, 3.63) is 0 Å². The molecule has 0 amide bonds. The van der Waals surface area contributed by atoms with E-state index in [-0.39, 0.29) is 31.8 Å². The molecule has 3 unspecified atom stereocenters. The molecule has 1 saturated heterocycles. The van der Waals surface area contributed by atoms with E-state index in [0.29, 0.717) is 0 Å². The summed E-state index contributed by atoms with van der Waals surface area (Å²) in [5.74, 6) is 0. The molecular formula is C10H22N2O5S. The van der Waals surface area contributed by atoms with Crippen molar-refractivity contribution in [2.24, 2.45) is 0 Å². The molecule has 8 heteroatoms. The molecule has 0 aliphatic carbocycles. The normalized spacial score (nSPS) is 30.1. The first-order valence-corrected chi connectivity index (χ1v) is 7.34. The lowest BCUT2D eigenvalue weighted by Crippen LogP contribution is -2.54. The van der Waals surface area contributed by atoms with Gasteiger partial charge in [-0.1, -0.05) is 0 Å². The SMILES string of the molecule is CC1CN(S(=O)(=O)NCC(C)(O)CO)CC(C)O1. The monoisotopic (exact) mass is 282 g/mol. The van der Waals surface area contributed by atoms with Gasteiger partial charge in [0.25, 0.3) is 10.2 Å². The molecule has 3 N–H and O–H groups in total. The zero-order valence-electron chi connectivity index (χ0n) is 11.0. The third kappa shape index (κ3) is 4.45. The Morgan fingerprint density at radius 2 is 1.89 bits per heavy atom. The number of morpholine rings is 1. The van der Waals surface area contributed by atoms with Gasteiger partial charge in [-0.05, 0) is 20.8 Å². The lowest BCUT2D eigenvalue weighted by Gasteiger charge is -2.35. The summed E-state index contributed by atoms with van der Waals surface area (Å²) in [5, 5.41) is 18.4. The fourth-order valence-electron chi connectivity index (χ4n) is 1.72. The molecule has 3 atom stereocenters. The van der Waals surface area contributed by atoms with Crippen LogP contribution in [0.5, 0.6) is 0 Å². The maximum atomic E-state index is 12.0. The number of nitrogens with one attached hydrogen (secondary N) is 1. The van der Waals surface area contributed by atoms with E-state index in [1.54, 1.807) is 0 Å². The molecule has 1 aliphatic rings. The fourth-order valence-corrected chi connectivity index (χ4v) is 3.21. The van der Waals surface area contributed by atoms with E-state index >= 15 is 0 Å². The van der Waals surface area contributed by atoms with Crippen molar-refractivity contribution in [1.82, 2.24) is 9.03 Å². The van der Waals surface area contributed by atoms with Crippen LogP contribution in [0.25, 0.3) is 0 Å². The van der Waals surface area contributed by atoms with E-state index < -0.39 is 22.4 Å². The Labute approximate surface area is 108 Å². The number of aliphatic hydroxyl groups is 2. The van der Waals surface area contributed by atoms with E-state index in [4.69, 9.17) is 9.84 Å². The van der Waals surface area contributed by atoms with Crippen molar-refractivity contribution in [1.29, 1.82) is 0 Å². The largest absolute Gasteiger partial charge is 0.393 e. The standard InChI is InChI=1S/C10H22N2O5S/c1-8-4-12(5-9(2)17-8)18(15,16)11-6-10(3,14)7-13/h8-9,11,13-14H,4-7H2,1-3H3. The van der Waals surface area contributed by atoms with Crippen molar-refractivity contribution >= 4 is 10.2 Å². The predicted octanol–water partition coefficient (Wildman–Crippen LogP) is -1.33. The average Bonchev–Trinajstić information content (AvgIpc) is 2.25. The molecule has 18 heavy (non-hydrogen) atoms. The van der Waals surface area contributed by atoms with Gasteiger partial charge < -0.3 is 14.9 Å². The van der Waals surface area contributed by atoms with Gasteiger partial charge in [0, 0.05) is 19.6 Å². The maximum absolute atomic E-state index is 12.0. The summed E-state index contributed by atoms with van der Waals surface area (Å²) in [4.78, 5) is 0. The highest BCUT2D eigenvalue weighted by molar-refractivity contribution is 7.87. The minimum absolute atomic E-state index is 0.163. The molecular weight excluding hydrogens is 260 g/mol. The Hall–Kier alpha value is -0.250. The lowest BCUT2D eigenvalue weighted by molar-refractivity contribution is -0.0447. The quantitative estimate of drug-likeness (QED) is 0.580. The Morgan fingerprint density at radius 1 is 1.39 bits per heavy atom. The van der Waals surface area contributed by atoms with E-state index in [1.165, 1.54) is 11.2 Å². The van der Waals surface area contributed by atoms with Crippen LogP contribution in [0.4, 0.5) is 0 Å². The maximum Gasteiger partial charge on any atom is 0.279 e. The number of rotatable bonds is 5. The van der Waals surface area contributed by atoms with Gasteiger partial charge in [0.15, 0.2) is 0 Å². The molecule has 0 aromatic heterocycles. The first-order valence-electron chi connectivity index (χ1n) is 5.90. The van der Waals surface area contributed by atoms with Gasteiger partial charge in [-0.3, -0.25) is 0 Å². The molecule has 1 aliphatic heterocycles. The van der Waals surface area contributed by atoms with Gasteiger partial charge in [-0.2, -0.15) is 17.4 Å². The molecule has 1 rings (SSSR count). The highest BCUT2D eigenvalue weighted by Gasteiger charge is 2.32. The van der Waals surface area contributed by atoms with Crippen molar-refractivity contribution < 1.29 is 23.4 Å². The number of hydrogen-bond acceptors (Lipinski definition) is 5. The van der Waals surface area contributed by atoms with Crippen LogP contribution < -0.4 is 4.72 Å². The molecule has 1 fully saturated rings. The van der Waals surface area contributed by atoms with Crippen molar-refractivity contribution in [2.75, 3.05) is 26.2 Å². The van der Waals surface area contributed by atoms with Gasteiger partial charge in [-0.25, -0.2) is 0 Å². The summed E-state index contributed by atoms with van der Waals surface area (Å²) < 4.78 is 33.1. The van der Waals surface area contributed by atoms with Gasteiger partial charge in [-0.15, -0.1) is 0 Å². The molecule has 0 saturated carbocycles. The van der Waals surface area contributed by atoms with Gasteiger partial charge in [0.2, 0.25) is 0 Å². The number of aliphatic hydroxyl groups excluding tert-OH is 1. The molecule has 1 heterocycles. The highest BCUT2D eigenvalue weighted by Crippen LogP contribution is 2.13. The molecule has 0 bridgehead atoms. The van der Waals surface area contributed by atoms with Crippen LogP contribution in [0.3, 0.4) is 0 Å². The van der Waals surface area contributed by atoms with E-state index in [0.717, 1.165) is 0 Å². The summed E-state index contributed by atoms with van der Waals surface area (Å²) in [6.45, 7) is 4.80. The number of ether oxygens (including phenoxy) is 1. The van der Waals surface area contributed by atoms with Crippen LogP contribution in [-0.2, 0) is 14.9 Å². The summed E-state index contributed by atoms with van der Waals surface area (Å²) in [6, 6.07) is 0. The molecule has 0 radical (unpaired) electrons. The van der Waals surface area contributed by atoms with Crippen molar-refractivity contribution in [3.8, 4) is 0 Å². The molecule has 0 aromatic carbocycles. The summed E-state index contributed by atoms with van der Waals surface area (Å²) >= 11 is 0. The highest BCUT2D eigenvalue weighted by atomic mass is 32.2. The minimum atomic E-state index is -3.66. The summed E-state index contributed by atoms with van der Waals surface area (Å²) in [5.41, 5.74) is -1.46.